The first-order valence-electron chi connectivity index (χ1n) is 7.30. The molecular weight excluding hydrogens is 288 g/mol. The van der Waals surface area contributed by atoms with E-state index in [9.17, 15) is 4.79 Å². The van der Waals surface area contributed by atoms with Crippen molar-refractivity contribution in [2.45, 2.75) is 0 Å². The van der Waals surface area contributed by atoms with Gasteiger partial charge in [0.05, 0.1) is 39.4 Å². The molecule has 120 valence electrons. The van der Waals surface area contributed by atoms with Gasteiger partial charge in [0.1, 0.15) is 0 Å². The molecule has 1 aromatic heterocycles. The molecule has 2 aliphatic heterocycles. The molecular formula is C14H20N4O4. The summed E-state index contributed by atoms with van der Waals surface area (Å²) in [6.45, 7) is 3.84. The van der Waals surface area contributed by atoms with E-state index in [0.717, 1.165) is 0 Å². The van der Waals surface area contributed by atoms with Crippen LogP contribution in [0.3, 0.4) is 0 Å². The quantitative estimate of drug-likeness (QED) is 0.761. The molecule has 0 bridgehead atoms. The molecule has 1 amide bonds. The third kappa shape index (κ3) is 2.92. The van der Waals surface area contributed by atoms with E-state index in [2.05, 4.69) is 9.97 Å². The maximum absolute atomic E-state index is 12.4. The minimum Gasteiger partial charge on any atom is -0.481 e. The van der Waals surface area contributed by atoms with E-state index in [4.69, 9.17) is 14.2 Å². The van der Waals surface area contributed by atoms with Crippen LogP contribution < -0.4 is 14.4 Å². The summed E-state index contributed by atoms with van der Waals surface area (Å²) in [5.41, 5.74) is 0. The summed E-state index contributed by atoms with van der Waals surface area (Å²) in [5.74, 6) is 1.62. The number of aromatic nitrogens is 2. The van der Waals surface area contributed by atoms with Crippen LogP contribution in [-0.2, 0) is 9.53 Å². The fraction of sp³-hybridized carbons (Fsp3) is 0.643. The fourth-order valence-electron chi connectivity index (χ4n) is 2.58. The molecule has 0 aliphatic carbocycles. The third-order valence-electron chi connectivity index (χ3n) is 3.92. The van der Waals surface area contributed by atoms with Gasteiger partial charge in [-0.25, -0.2) is 0 Å². The van der Waals surface area contributed by atoms with E-state index in [1.165, 1.54) is 0 Å². The van der Waals surface area contributed by atoms with Gasteiger partial charge in [0.25, 0.3) is 0 Å². The molecule has 0 saturated carbocycles. The molecule has 8 heteroatoms. The molecule has 3 rings (SSSR count). The van der Waals surface area contributed by atoms with E-state index < -0.39 is 0 Å². The Labute approximate surface area is 129 Å². The van der Waals surface area contributed by atoms with Crippen molar-refractivity contribution in [3.8, 4) is 11.8 Å². The van der Waals surface area contributed by atoms with Crippen LogP contribution in [0.4, 0.5) is 5.95 Å². The zero-order chi connectivity index (χ0) is 15.5. The molecule has 0 radical (unpaired) electrons. The van der Waals surface area contributed by atoms with Crippen molar-refractivity contribution >= 4 is 11.9 Å². The lowest BCUT2D eigenvalue weighted by molar-refractivity contribution is -0.140. The zero-order valence-electron chi connectivity index (χ0n) is 12.8. The number of hydrogen-bond acceptors (Lipinski definition) is 7. The highest BCUT2D eigenvalue weighted by atomic mass is 16.5. The lowest BCUT2D eigenvalue weighted by Crippen LogP contribution is -2.56. The van der Waals surface area contributed by atoms with Crippen LogP contribution in [0.2, 0.25) is 0 Å². The number of ether oxygens (including phenoxy) is 3. The molecule has 2 fully saturated rings. The van der Waals surface area contributed by atoms with Crippen molar-refractivity contribution in [1.82, 2.24) is 14.9 Å². The Morgan fingerprint density at radius 2 is 1.77 bits per heavy atom. The average Bonchev–Trinajstić information content (AvgIpc) is 2.53. The molecule has 8 nitrogen and oxygen atoms in total. The van der Waals surface area contributed by atoms with Crippen molar-refractivity contribution in [2.75, 3.05) is 58.5 Å². The first kappa shape index (κ1) is 14.8. The van der Waals surface area contributed by atoms with Crippen molar-refractivity contribution in [2.24, 2.45) is 5.92 Å². The van der Waals surface area contributed by atoms with Gasteiger partial charge < -0.3 is 24.0 Å². The zero-order valence-corrected chi connectivity index (χ0v) is 12.8. The molecule has 0 atom stereocenters. The first-order valence-corrected chi connectivity index (χ1v) is 7.30. The second-order valence-electron chi connectivity index (χ2n) is 5.29. The highest BCUT2D eigenvalue weighted by molar-refractivity contribution is 5.81. The van der Waals surface area contributed by atoms with Crippen LogP contribution in [0.1, 0.15) is 0 Å². The van der Waals surface area contributed by atoms with Crippen molar-refractivity contribution in [3.63, 3.8) is 0 Å². The Balaban J connectivity index is 1.61. The van der Waals surface area contributed by atoms with E-state index in [1.54, 1.807) is 20.3 Å². The normalized spacial score (nSPS) is 18.8. The Bertz CT molecular complexity index is 519. The summed E-state index contributed by atoms with van der Waals surface area (Å²) in [7, 11) is 3.10. The van der Waals surface area contributed by atoms with Gasteiger partial charge in [-0.3, -0.25) is 4.79 Å². The number of methoxy groups -OCH3 is 2. The predicted octanol–water partition coefficient (Wildman–Crippen LogP) is -0.211. The second-order valence-corrected chi connectivity index (χ2v) is 5.29. The van der Waals surface area contributed by atoms with Crippen LogP contribution in [0.15, 0.2) is 6.07 Å². The minimum atomic E-state index is -0.00102. The lowest BCUT2D eigenvalue weighted by atomic mass is 9.99. The maximum Gasteiger partial charge on any atom is 0.232 e. The second kappa shape index (κ2) is 6.35. The summed E-state index contributed by atoms with van der Waals surface area (Å²) in [6.07, 6.45) is 0. The number of anilines is 1. The van der Waals surface area contributed by atoms with Gasteiger partial charge in [-0.15, -0.1) is 0 Å². The van der Waals surface area contributed by atoms with Gasteiger partial charge in [-0.1, -0.05) is 0 Å². The Kier molecular flexibility index (Phi) is 4.28. The van der Waals surface area contributed by atoms with Gasteiger partial charge >= 0.3 is 0 Å². The summed E-state index contributed by atoms with van der Waals surface area (Å²) < 4.78 is 15.5. The summed E-state index contributed by atoms with van der Waals surface area (Å²) in [5, 5.41) is 0. The van der Waals surface area contributed by atoms with Crippen LogP contribution >= 0.6 is 0 Å². The third-order valence-corrected chi connectivity index (χ3v) is 3.92. The summed E-state index contributed by atoms with van der Waals surface area (Å²) in [4.78, 5) is 24.8. The number of nitrogens with zero attached hydrogens (tertiary/aromatic N) is 4. The van der Waals surface area contributed by atoms with Crippen LogP contribution in [0.25, 0.3) is 0 Å². The van der Waals surface area contributed by atoms with Crippen LogP contribution in [0, 0.1) is 5.92 Å². The van der Waals surface area contributed by atoms with Crippen molar-refractivity contribution in [3.05, 3.63) is 6.07 Å². The molecule has 0 aromatic carbocycles. The Morgan fingerprint density at radius 1 is 1.18 bits per heavy atom. The lowest BCUT2D eigenvalue weighted by Gasteiger charge is -2.41. The molecule has 22 heavy (non-hydrogen) atoms. The van der Waals surface area contributed by atoms with Gasteiger partial charge in [0.15, 0.2) is 0 Å². The number of morpholine rings is 1. The molecule has 0 unspecified atom stereocenters. The topological polar surface area (TPSA) is 77.0 Å². The molecule has 1 aromatic rings. The monoisotopic (exact) mass is 308 g/mol. The molecule has 2 saturated heterocycles. The van der Waals surface area contributed by atoms with E-state index in [-0.39, 0.29) is 11.8 Å². The molecule has 2 aliphatic rings. The highest BCUT2D eigenvalue weighted by Gasteiger charge is 2.37. The number of hydrogen-bond donors (Lipinski definition) is 0. The number of carbonyl (C=O) groups is 1. The largest absolute Gasteiger partial charge is 0.481 e. The van der Waals surface area contributed by atoms with Gasteiger partial charge in [-0.2, -0.15) is 9.97 Å². The summed E-state index contributed by atoms with van der Waals surface area (Å²) in [6, 6.07) is 1.62. The van der Waals surface area contributed by atoms with Crippen LogP contribution in [-0.4, -0.2) is 74.4 Å². The van der Waals surface area contributed by atoms with E-state index in [0.29, 0.717) is 57.1 Å². The maximum atomic E-state index is 12.4. The standard InChI is InChI=1S/C14H20N4O4/c1-20-11-7-12(21-2)16-14(15-11)18-8-10(9-18)13(19)17-3-5-22-6-4-17/h7,10H,3-6,8-9H2,1-2H3. The van der Waals surface area contributed by atoms with E-state index >= 15 is 0 Å². The molecule has 0 spiro atoms. The van der Waals surface area contributed by atoms with Crippen LogP contribution in [0.5, 0.6) is 11.8 Å². The number of rotatable bonds is 4. The van der Waals surface area contributed by atoms with Crippen molar-refractivity contribution in [1.29, 1.82) is 0 Å². The minimum absolute atomic E-state index is 0.00102. The highest BCUT2D eigenvalue weighted by Crippen LogP contribution is 2.27. The van der Waals surface area contributed by atoms with Gasteiger partial charge in [0, 0.05) is 26.2 Å². The smallest absolute Gasteiger partial charge is 0.232 e. The van der Waals surface area contributed by atoms with Crippen molar-refractivity contribution < 1.29 is 19.0 Å². The molecule has 0 N–H and O–H groups in total. The average molecular weight is 308 g/mol. The molecule has 3 heterocycles. The fourth-order valence-corrected chi connectivity index (χ4v) is 2.58. The SMILES string of the molecule is COc1cc(OC)nc(N2CC(C(=O)N3CCOCC3)C2)n1. The van der Waals surface area contributed by atoms with Gasteiger partial charge in [-0.05, 0) is 0 Å². The number of carbonyl (C=O) groups excluding carboxylic acids is 1. The number of amides is 1. The predicted molar refractivity (Wildman–Crippen MR) is 78.2 cm³/mol. The van der Waals surface area contributed by atoms with Gasteiger partial charge in [0.2, 0.25) is 23.6 Å². The summed E-state index contributed by atoms with van der Waals surface area (Å²) >= 11 is 0. The Morgan fingerprint density at radius 3 is 2.32 bits per heavy atom. The Hall–Kier alpha value is -2.09. The van der Waals surface area contributed by atoms with E-state index in [1.807, 2.05) is 9.80 Å². The first-order chi connectivity index (χ1) is 10.7.